The number of rotatable bonds is 3. The molecule has 0 aliphatic rings. The van der Waals surface area contributed by atoms with Gasteiger partial charge in [0.1, 0.15) is 0 Å². The van der Waals surface area contributed by atoms with Gasteiger partial charge in [-0.3, -0.25) is 0 Å². The van der Waals surface area contributed by atoms with Crippen LogP contribution in [-0.4, -0.2) is 15.3 Å². The summed E-state index contributed by atoms with van der Waals surface area (Å²) in [5.41, 5.74) is 1.97. The molecule has 0 aromatic heterocycles. The highest BCUT2D eigenvalue weighted by atomic mass is 16.3. The Labute approximate surface area is 90.0 Å². The molecule has 0 aliphatic carbocycles. The van der Waals surface area contributed by atoms with Gasteiger partial charge in [-0.05, 0) is 37.5 Å². The zero-order valence-corrected chi connectivity index (χ0v) is 9.31. The van der Waals surface area contributed by atoms with Crippen molar-refractivity contribution >= 4 is 0 Å². The van der Waals surface area contributed by atoms with E-state index in [-0.39, 0.29) is 0 Å². The van der Waals surface area contributed by atoms with Gasteiger partial charge in [-0.25, -0.2) is 0 Å². The molecule has 0 saturated carbocycles. The molecule has 3 heteroatoms. The lowest BCUT2D eigenvalue weighted by Gasteiger charge is -2.20. The van der Waals surface area contributed by atoms with Crippen LogP contribution in [0.4, 0.5) is 0 Å². The van der Waals surface area contributed by atoms with E-state index >= 15 is 0 Å². The average Bonchev–Trinajstić information content (AvgIpc) is 2.16. The van der Waals surface area contributed by atoms with E-state index in [9.17, 15) is 15.3 Å². The first-order valence-electron chi connectivity index (χ1n) is 5.12. The molecule has 3 nitrogen and oxygen atoms in total. The normalized spacial score (nSPS) is 17.2. The third-order valence-electron chi connectivity index (χ3n) is 2.49. The van der Waals surface area contributed by atoms with Crippen molar-refractivity contribution in [2.45, 2.75) is 39.1 Å². The molecule has 0 heterocycles. The quantitative estimate of drug-likeness (QED) is 0.713. The Morgan fingerprint density at radius 2 is 1.20 bits per heavy atom. The minimum Gasteiger partial charge on any atom is -0.389 e. The zero-order chi connectivity index (χ0) is 11.6. The molecular formula is C12H18O3. The number of hydrogen-bond donors (Lipinski definition) is 3. The summed E-state index contributed by atoms with van der Waals surface area (Å²) in [6.45, 7) is 4.92. The van der Waals surface area contributed by atoms with Gasteiger partial charge in [0.05, 0.1) is 18.3 Å². The van der Waals surface area contributed by atoms with Gasteiger partial charge in [0.25, 0.3) is 0 Å². The van der Waals surface area contributed by atoms with Crippen LogP contribution in [0.3, 0.4) is 0 Å². The topological polar surface area (TPSA) is 60.7 Å². The van der Waals surface area contributed by atoms with Crippen LogP contribution in [0.5, 0.6) is 0 Å². The van der Waals surface area contributed by atoms with Gasteiger partial charge in [0, 0.05) is 0 Å². The van der Waals surface area contributed by atoms with Crippen molar-refractivity contribution < 1.29 is 15.3 Å². The molecule has 1 aromatic carbocycles. The lowest BCUT2D eigenvalue weighted by Crippen LogP contribution is -2.08. The van der Waals surface area contributed by atoms with Crippen LogP contribution in [0.1, 0.15) is 55.8 Å². The highest BCUT2D eigenvalue weighted by Crippen LogP contribution is 2.30. The number of aliphatic hydroxyl groups is 3. The van der Waals surface area contributed by atoms with E-state index in [1.165, 1.54) is 0 Å². The summed E-state index contributed by atoms with van der Waals surface area (Å²) >= 11 is 0. The highest BCUT2D eigenvalue weighted by molar-refractivity contribution is 5.39. The smallest absolute Gasteiger partial charge is 0.0769 e. The predicted octanol–water partition coefficient (Wildman–Crippen LogP) is 1.85. The second kappa shape index (κ2) is 4.75. The summed E-state index contributed by atoms with van der Waals surface area (Å²) in [5.74, 6) is 0. The highest BCUT2D eigenvalue weighted by Gasteiger charge is 2.18. The SMILES string of the molecule is CC(O)c1cccc(C(C)O)c1C(C)O. The van der Waals surface area contributed by atoms with Crippen LogP contribution in [0.25, 0.3) is 0 Å². The van der Waals surface area contributed by atoms with Gasteiger partial charge < -0.3 is 15.3 Å². The van der Waals surface area contributed by atoms with Gasteiger partial charge in [0.15, 0.2) is 0 Å². The van der Waals surface area contributed by atoms with E-state index in [1.807, 2.05) is 0 Å². The molecular weight excluding hydrogens is 192 g/mol. The van der Waals surface area contributed by atoms with E-state index in [0.717, 1.165) is 0 Å². The molecule has 1 rings (SSSR count). The molecule has 0 saturated heterocycles. The number of benzene rings is 1. The first-order chi connectivity index (χ1) is 6.95. The standard InChI is InChI=1S/C12H18O3/c1-7(13)10-5-4-6-11(8(2)14)12(10)9(3)15/h4-9,13-15H,1-3H3. The summed E-state index contributed by atoms with van der Waals surface area (Å²) in [4.78, 5) is 0. The first kappa shape index (κ1) is 12.2. The van der Waals surface area contributed by atoms with Gasteiger partial charge >= 0.3 is 0 Å². The summed E-state index contributed by atoms with van der Waals surface area (Å²) in [7, 11) is 0. The van der Waals surface area contributed by atoms with Gasteiger partial charge in [-0.15, -0.1) is 0 Å². The fourth-order valence-electron chi connectivity index (χ4n) is 1.81. The Kier molecular flexibility index (Phi) is 3.85. The second-order valence-electron chi connectivity index (χ2n) is 3.88. The van der Waals surface area contributed by atoms with E-state index in [0.29, 0.717) is 16.7 Å². The van der Waals surface area contributed by atoms with Crippen molar-refractivity contribution in [1.29, 1.82) is 0 Å². The lowest BCUT2D eigenvalue weighted by molar-refractivity contribution is 0.162. The minimum atomic E-state index is -0.694. The van der Waals surface area contributed by atoms with Crippen LogP contribution in [0, 0.1) is 0 Å². The fraction of sp³-hybridized carbons (Fsp3) is 0.500. The zero-order valence-electron chi connectivity index (χ0n) is 9.31. The van der Waals surface area contributed by atoms with Crippen molar-refractivity contribution in [3.63, 3.8) is 0 Å². The minimum absolute atomic E-state index is 0.627. The van der Waals surface area contributed by atoms with Crippen molar-refractivity contribution in [2.24, 2.45) is 0 Å². The summed E-state index contributed by atoms with van der Waals surface area (Å²) in [5, 5.41) is 28.8. The van der Waals surface area contributed by atoms with E-state index in [2.05, 4.69) is 0 Å². The van der Waals surface area contributed by atoms with Crippen molar-refractivity contribution in [3.05, 3.63) is 34.9 Å². The Hall–Kier alpha value is -0.900. The molecule has 84 valence electrons. The number of hydrogen-bond acceptors (Lipinski definition) is 3. The molecule has 0 spiro atoms. The third kappa shape index (κ3) is 2.56. The average molecular weight is 210 g/mol. The Balaban J connectivity index is 3.35. The maximum atomic E-state index is 9.66. The van der Waals surface area contributed by atoms with Gasteiger partial charge in [-0.1, -0.05) is 18.2 Å². The largest absolute Gasteiger partial charge is 0.389 e. The van der Waals surface area contributed by atoms with Gasteiger partial charge in [0.2, 0.25) is 0 Å². The Bertz CT molecular complexity index is 303. The van der Waals surface area contributed by atoms with E-state index in [4.69, 9.17) is 0 Å². The Morgan fingerprint density at radius 1 is 0.800 bits per heavy atom. The molecule has 0 radical (unpaired) electrons. The molecule has 0 bridgehead atoms. The maximum Gasteiger partial charge on any atom is 0.0769 e. The third-order valence-corrected chi connectivity index (χ3v) is 2.49. The fourth-order valence-corrected chi connectivity index (χ4v) is 1.81. The van der Waals surface area contributed by atoms with Crippen molar-refractivity contribution in [3.8, 4) is 0 Å². The number of aliphatic hydroxyl groups excluding tert-OH is 3. The maximum absolute atomic E-state index is 9.66. The van der Waals surface area contributed by atoms with Gasteiger partial charge in [-0.2, -0.15) is 0 Å². The van der Waals surface area contributed by atoms with Crippen LogP contribution in [-0.2, 0) is 0 Å². The van der Waals surface area contributed by atoms with E-state index in [1.54, 1.807) is 39.0 Å². The van der Waals surface area contributed by atoms with Crippen LogP contribution < -0.4 is 0 Å². The molecule has 0 aliphatic heterocycles. The molecule has 0 amide bonds. The van der Waals surface area contributed by atoms with Crippen molar-refractivity contribution in [1.82, 2.24) is 0 Å². The molecule has 15 heavy (non-hydrogen) atoms. The van der Waals surface area contributed by atoms with E-state index < -0.39 is 18.3 Å². The summed E-state index contributed by atoms with van der Waals surface area (Å²) in [6.07, 6.45) is -1.98. The molecule has 0 fully saturated rings. The molecule has 1 aromatic rings. The van der Waals surface area contributed by atoms with Crippen LogP contribution >= 0.6 is 0 Å². The molecule has 3 N–H and O–H groups in total. The summed E-state index contributed by atoms with van der Waals surface area (Å²) < 4.78 is 0. The monoisotopic (exact) mass is 210 g/mol. The van der Waals surface area contributed by atoms with Crippen LogP contribution in [0.15, 0.2) is 18.2 Å². The summed E-state index contributed by atoms with van der Waals surface area (Å²) in [6, 6.07) is 5.30. The van der Waals surface area contributed by atoms with Crippen LogP contribution in [0.2, 0.25) is 0 Å². The van der Waals surface area contributed by atoms with Crippen molar-refractivity contribution in [2.75, 3.05) is 0 Å². The second-order valence-corrected chi connectivity index (χ2v) is 3.88. The Morgan fingerprint density at radius 3 is 1.47 bits per heavy atom. The first-order valence-corrected chi connectivity index (χ1v) is 5.12. The predicted molar refractivity (Wildman–Crippen MR) is 58.3 cm³/mol. The molecule has 3 atom stereocenters. The lowest BCUT2D eigenvalue weighted by atomic mass is 9.92. The molecule has 3 unspecified atom stereocenters.